The van der Waals surface area contributed by atoms with E-state index in [9.17, 15) is 0 Å². The minimum atomic E-state index is 0.0371. The maximum absolute atomic E-state index is 6.08. The smallest absolute Gasteiger partial charge is 0.0610 e. The Morgan fingerprint density at radius 3 is 2.31 bits per heavy atom. The molecule has 0 heterocycles. The van der Waals surface area contributed by atoms with Gasteiger partial charge in [-0.05, 0) is 39.5 Å². The summed E-state index contributed by atoms with van der Waals surface area (Å²) in [4.78, 5) is 0. The number of hydrogen-bond acceptors (Lipinski definition) is 1. The fraction of sp³-hybridized carbons (Fsp3) is 1.00. The van der Waals surface area contributed by atoms with Gasteiger partial charge in [-0.25, -0.2) is 0 Å². The number of hydrogen-bond donors (Lipinski definition) is 0. The molecule has 0 aromatic carbocycles. The predicted octanol–water partition coefficient (Wildman–Crippen LogP) is 3.77. The van der Waals surface area contributed by atoms with Crippen LogP contribution in [0.25, 0.3) is 0 Å². The first-order valence-electron chi connectivity index (χ1n) is 5.71. The Kier molecular flexibility index (Phi) is 3.78. The second-order valence-corrected chi connectivity index (χ2v) is 5.22. The minimum Gasteiger partial charge on any atom is -0.372 e. The monoisotopic (exact) mass is 184 g/mol. The minimum absolute atomic E-state index is 0.0371. The van der Waals surface area contributed by atoms with Crippen LogP contribution in [-0.4, -0.2) is 11.7 Å². The first kappa shape index (κ1) is 11.0. The maximum Gasteiger partial charge on any atom is 0.0610 e. The van der Waals surface area contributed by atoms with Crippen molar-refractivity contribution in [1.82, 2.24) is 0 Å². The summed E-state index contributed by atoms with van der Waals surface area (Å²) in [7, 11) is 0. The van der Waals surface area contributed by atoms with Crippen molar-refractivity contribution in [2.24, 2.45) is 5.92 Å². The third-order valence-electron chi connectivity index (χ3n) is 2.87. The average Bonchev–Trinajstić information content (AvgIpc) is 2.02. The van der Waals surface area contributed by atoms with Crippen LogP contribution in [0, 0.1) is 5.92 Å². The number of rotatable bonds is 2. The van der Waals surface area contributed by atoms with E-state index in [1.165, 1.54) is 32.1 Å². The molecule has 1 rings (SSSR count). The summed E-state index contributed by atoms with van der Waals surface area (Å²) in [5, 5.41) is 0. The third kappa shape index (κ3) is 3.68. The molecule has 2 atom stereocenters. The van der Waals surface area contributed by atoms with Crippen LogP contribution in [0.15, 0.2) is 0 Å². The van der Waals surface area contributed by atoms with E-state index in [1.54, 1.807) is 0 Å². The topological polar surface area (TPSA) is 9.23 Å². The van der Waals surface area contributed by atoms with Crippen molar-refractivity contribution in [3.05, 3.63) is 0 Å². The van der Waals surface area contributed by atoms with Crippen molar-refractivity contribution in [3.8, 4) is 0 Å². The standard InChI is InChI=1S/C12H24O/c1-5-10-8-6-7-9-11(10)13-12(2,3)4/h10-11H,5-9H2,1-4H3. The third-order valence-corrected chi connectivity index (χ3v) is 2.87. The fourth-order valence-electron chi connectivity index (χ4n) is 2.25. The highest BCUT2D eigenvalue weighted by atomic mass is 16.5. The highest BCUT2D eigenvalue weighted by molar-refractivity contribution is 4.77. The van der Waals surface area contributed by atoms with Crippen molar-refractivity contribution < 1.29 is 4.74 Å². The van der Waals surface area contributed by atoms with Gasteiger partial charge in [0.1, 0.15) is 0 Å². The van der Waals surface area contributed by atoms with Gasteiger partial charge in [-0.2, -0.15) is 0 Å². The fourth-order valence-corrected chi connectivity index (χ4v) is 2.25. The van der Waals surface area contributed by atoms with Gasteiger partial charge in [0.05, 0.1) is 11.7 Å². The molecular weight excluding hydrogens is 160 g/mol. The summed E-state index contributed by atoms with van der Waals surface area (Å²) in [6, 6.07) is 0. The molecular formula is C12H24O. The quantitative estimate of drug-likeness (QED) is 0.634. The van der Waals surface area contributed by atoms with Crippen molar-refractivity contribution in [2.75, 3.05) is 0 Å². The molecule has 78 valence electrons. The molecule has 1 saturated carbocycles. The van der Waals surface area contributed by atoms with Gasteiger partial charge in [0.25, 0.3) is 0 Å². The normalized spacial score (nSPS) is 30.5. The van der Waals surface area contributed by atoms with Crippen molar-refractivity contribution >= 4 is 0 Å². The molecule has 0 N–H and O–H groups in total. The summed E-state index contributed by atoms with van der Waals surface area (Å²) >= 11 is 0. The summed E-state index contributed by atoms with van der Waals surface area (Å²) in [6.45, 7) is 8.77. The van der Waals surface area contributed by atoms with Gasteiger partial charge in [-0.3, -0.25) is 0 Å². The van der Waals surface area contributed by atoms with E-state index in [0.29, 0.717) is 6.10 Å². The summed E-state index contributed by atoms with van der Waals surface area (Å²) < 4.78 is 6.08. The Bertz CT molecular complexity index is 146. The molecule has 0 aromatic rings. The van der Waals surface area contributed by atoms with Crippen LogP contribution in [0.1, 0.15) is 59.8 Å². The molecule has 1 aliphatic rings. The van der Waals surface area contributed by atoms with Gasteiger partial charge in [0.2, 0.25) is 0 Å². The molecule has 0 saturated heterocycles. The zero-order valence-corrected chi connectivity index (χ0v) is 9.60. The van der Waals surface area contributed by atoms with Crippen LogP contribution >= 0.6 is 0 Å². The zero-order valence-electron chi connectivity index (χ0n) is 9.60. The zero-order chi connectivity index (χ0) is 9.90. The molecule has 1 heteroatoms. The first-order chi connectivity index (χ1) is 6.03. The molecule has 1 fully saturated rings. The highest BCUT2D eigenvalue weighted by Gasteiger charge is 2.27. The van der Waals surface area contributed by atoms with Gasteiger partial charge in [-0.1, -0.05) is 26.2 Å². The maximum atomic E-state index is 6.08. The van der Waals surface area contributed by atoms with Gasteiger partial charge in [-0.15, -0.1) is 0 Å². The average molecular weight is 184 g/mol. The van der Waals surface area contributed by atoms with E-state index in [1.807, 2.05) is 0 Å². The lowest BCUT2D eigenvalue weighted by molar-refractivity contribution is -0.0987. The van der Waals surface area contributed by atoms with E-state index in [4.69, 9.17) is 4.74 Å². The molecule has 1 nitrogen and oxygen atoms in total. The van der Waals surface area contributed by atoms with Gasteiger partial charge < -0.3 is 4.74 Å². The molecule has 1 aliphatic carbocycles. The van der Waals surface area contributed by atoms with Crippen molar-refractivity contribution in [1.29, 1.82) is 0 Å². The molecule has 0 spiro atoms. The van der Waals surface area contributed by atoms with Crippen LogP contribution in [0.2, 0.25) is 0 Å². The summed E-state index contributed by atoms with van der Waals surface area (Å²) in [6.07, 6.45) is 7.21. The molecule has 0 aromatic heterocycles. The Balaban J connectivity index is 2.45. The second-order valence-electron chi connectivity index (χ2n) is 5.22. The van der Waals surface area contributed by atoms with E-state index in [2.05, 4.69) is 27.7 Å². The molecule has 0 amide bonds. The Hall–Kier alpha value is -0.0400. The number of ether oxygens (including phenoxy) is 1. The lowest BCUT2D eigenvalue weighted by Gasteiger charge is -2.35. The van der Waals surface area contributed by atoms with Crippen LogP contribution in [0.5, 0.6) is 0 Å². The van der Waals surface area contributed by atoms with E-state index in [-0.39, 0.29) is 5.60 Å². The Morgan fingerprint density at radius 1 is 1.15 bits per heavy atom. The van der Waals surface area contributed by atoms with Crippen LogP contribution in [0.3, 0.4) is 0 Å². The van der Waals surface area contributed by atoms with Crippen molar-refractivity contribution in [2.45, 2.75) is 71.5 Å². The SMILES string of the molecule is CCC1CCCCC1OC(C)(C)C. The van der Waals surface area contributed by atoms with Crippen LogP contribution in [0.4, 0.5) is 0 Å². The lowest BCUT2D eigenvalue weighted by Crippen LogP contribution is -2.34. The van der Waals surface area contributed by atoms with Crippen LogP contribution < -0.4 is 0 Å². The van der Waals surface area contributed by atoms with E-state index in [0.717, 1.165) is 5.92 Å². The first-order valence-corrected chi connectivity index (χ1v) is 5.71. The summed E-state index contributed by atoms with van der Waals surface area (Å²) in [5.74, 6) is 0.813. The predicted molar refractivity (Wildman–Crippen MR) is 56.9 cm³/mol. The Morgan fingerprint density at radius 2 is 1.77 bits per heavy atom. The van der Waals surface area contributed by atoms with Crippen molar-refractivity contribution in [3.63, 3.8) is 0 Å². The molecule has 13 heavy (non-hydrogen) atoms. The summed E-state index contributed by atoms with van der Waals surface area (Å²) in [5.41, 5.74) is 0.0371. The molecule has 0 bridgehead atoms. The molecule has 0 radical (unpaired) electrons. The highest BCUT2D eigenvalue weighted by Crippen LogP contribution is 2.31. The Labute approximate surface area is 82.9 Å². The lowest BCUT2D eigenvalue weighted by atomic mass is 9.84. The molecule has 0 aliphatic heterocycles. The van der Waals surface area contributed by atoms with Gasteiger partial charge >= 0.3 is 0 Å². The van der Waals surface area contributed by atoms with Crippen LogP contribution in [-0.2, 0) is 4.74 Å². The molecule has 2 unspecified atom stereocenters. The van der Waals surface area contributed by atoms with E-state index < -0.39 is 0 Å². The van der Waals surface area contributed by atoms with Gasteiger partial charge in [0, 0.05) is 0 Å². The van der Waals surface area contributed by atoms with E-state index >= 15 is 0 Å². The largest absolute Gasteiger partial charge is 0.372 e. The van der Waals surface area contributed by atoms with Gasteiger partial charge in [0.15, 0.2) is 0 Å². The second kappa shape index (κ2) is 4.45.